The number of Topliss-reactive ketones (excluding diaryl/α,β-unsaturated/α-hetero) is 1. The highest BCUT2D eigenvalue weighted by molar-refractivity contribution is 7.92. The summed E-state index contributed by atoms with van der Waals surface area (Å²) in [5, 5.41) is 0. The first-order valence-electron chi connectivity index (χ1n) is 6.39. The van der Waals surface area contributed by atoms with Crippen molar-refractivity contribution in [3.63, 3.8) is 0 Å². The third-order valence-electron chi connectivity index (χ3n) is 3.19. The largest absolute Gasteiger partial charge is 0.497 e. The normalized spacial score (nSPS) is 11.1. The number of carbonyl (C=O) groups excluding carboxylic acids is 1. The van der Waals surface area contributed by atoms with Gasteiger partial charge in [0.25, 0.3) is 0 Å². The van der Waals surface area contributed by atoms with E-state index in [1.54, 1.807) is 37.3 Å². The molecule has 110 valence electrons. The quantitative estimate of drug-likeness (QED) is 0.797. The van der Waals surface area contributed by atoms with Gasteiger partial charge in [-0.15, -0.1) is 0 Å². The second kappa shape index (κ2) is 6.10. The zero-order chi connectivity index (χ0) is 15.5. The Morgan fingerprint density at radius 1 is 1.05 bits per heavy atom. The zero-order valence-corrected chi connectivity index (χ0v) is 12.7. The number of carbonyl (C=O) groups is 1. The number of ketones is 1. The topological polar surface area (TPSA) is 60.4 Å². The first-order chi connectivity index (χ1) is 9.94. The summed E-state index contributed by atoms with van der Waals surface area (Å²) in [5.74, 6) is -0.368. The number of rotatable bonds is 5. The second-order valence-electron chi connectivity index (χ2n) is 4.67. The van der Waals surface area contributed by atoms with Gasteiger partial charge in [0.2, 0.25) is 0 Å². The molecule has 0 heterocycles. The Labute approximate surface area is 124 Å². The SMILES string of the molecule is COc1ccc(S(=O)(=O)CC(=O)c2ccccc2C)cc1. The van der Waals surface area contributed by atoms with Crippen LogP contribution in [0.25, 0.3) is 0 Å². The molecule has 2 aromatic carbocycles. The van der Waals surface area contributed by atoms with E-state index >= 15 is 0 Å². The summed E-state index contributed by atoms with van der Waals surface area (Å²) in [7, 11) is -2.15. The van der Waals surface area contributed by atoms with Crippen LogP contribution in [0.1, 0.15) is 15.9 Å². The van der Waals surface area contributed by atoms with Gasteiger partial charge in [0, 0.05) is 5.56 Å². The van der Waals surface area contributed by atoms with Crippen LogP contribution in [0.15, 0.2) is 53.4 Å². The van der Waals surface area contributed by atoms with Crippen molar-refractivity contribution in [3.05, 3.63) is 59.7 Å². The predicted molar refractivity (Wildman–Crippen MR) is 80.6 cm³/mol. The Hall–Kier alpha value is -2.14. The summed E-state index contributed by atoms with van der Waals surface area (Å²) in [5.41, 5.74) is 1.21. The first-order valence-corrected chi connectivity index (χ1v) is 8.05. The van der Waals surface area contributed by atoms with Crippen LogP contribution in [-0.2, 0) is 9.84 Å². The van der Waals surface area contributed by atoms with Crippen LogP contribution >= 0.6 is 0 Å². The molecule has 0 N–H and O–H groups in total. The van der Waals surface area contributed by atoms with E-state index in [1.165, 1.54) is 19.2 Å². The molecule has 4 nitrogen and oxygen atoms in total. The third-order valence-corrected chi connectivity index (χ3v) is 4.82. The van der Waals surface area contributed by atoms with Crippen molar-refractivity contribution in [2.75, 3.05) is 12.9 Å². The number of sulfone groups is 1. The lowest BCUT2D eigenvalue weighted by Gasteiger charge is -2.07. The van der Waals surface area contributed by atoms with Gasteiger partial charge in [0.05, 0.1) is 12.0 Å². The number of methoxy groups -OCH3 is 1. The van der Waals surface area contributed by atoms with Crippen molar-refractivity contribution in [1.82, 2.24) is 0 Å². The average molecular weight is 304 g/mol. The molecular formula is C16H16O4S. The highest BCUT2D eigenvalue weighted by Gasteiger charge is 2.21. The molecule has 0 radical (unpaired) electrons. The Morgan fingerprint density at radius 3 is 2.24 bits per heavy atom. The minimum absolute atomic E-state index is 0.116. The molecule has 0 bridgehead atoms. The lowest BCUT2D eigenvalue weighted by Crippen LogP contribution is -2.17. The number of ether oxygens (including phenoxy) is 1. The molecule has 0 spiro atoms. The summed E-state index contributed by atoms with van der Waals surface area (Å²) in [6, 6.07) is 13.0. The molecule has 21 heavy (non-hydrogen) atoms. The van der Waals surface area contributed by atoms with Crippen molar-refractivity contribution in [2.45, 2.75) is 11.8 Å². The third kappa shape index (κ3) is 3.49. The Bertz CT molecular complexity index is 746. The van der Waals surface area contributed by atoms with Crippen LogP contribution in [0.2, 0.25) is 0 Å². The smallest absolute Gasteiger partial charge is 0.185 e. The van der Waals surface area contributed by atoms with Gasteiger partial charge in [-0.1, -0.05) is 24.3 Å². The molecular weight excluding hydrogens is 288 g/mol. The molecule has 0 aliphatic carbocycles. The van der Waals surface area contributed by atoms with Gasteiger partial charge in [0.1, 0.15) is 11.5 Å². The van der Waals surface area contributed by atoms with E-state index in [4.69, 9.17) is 4.74 Å². The number of benzene rings is 2. The number of aryl methyl sites for hydroxylation is 1. The molecule has 0 saturated heterocycles. The van der Waals surface area contributed by atoms with Gasteiger partial charge in [-0.25, -0.2) is 8.42 Å². The molecule has 2 aromatic rings. The van der Waals surface area contributed by atoms with E-state index in [-0.39, 0.29) is 4.90 Å². The fraction of sp³-hybridized carbons (Fsp3) is 0.188. The highest BCUT2D eigenvalue weighted by Crippen LogP contribution is 2.18. The molecule has 5 heteroatoms. The van der Waals surface area contributed by atoms with E-state index in [1.807, 2.05) is 6.07 Å². The van der Waals surface area contributed by atoms with Gasteiger partial charge >= 0.3 is 0 Å². The minimum Gasteiger partial charge on any atom is -0.497 e. The van der Waals surface area contributed by atoms with Crippen LogP contribution in [0.4, 0.5) is 0 Å². The zero-order valence-electron chi connectivity index (χ0n) is 11.9. The molecule has 0 aliphatic rings. The Kier molecular flexibility index (Phi) is 4.43. The fourth-order valence-electron chi connectivity index (χ4n) is 2.00. The molecule has 2 rings (SSSR count). The van der Waals surface area contributed by atoms with Gasteiger partial charge in [0.15, 0.2) is 15.6 Å². The van der Waals surface area contributed by atoms with Crippen molar-refractivity contribution in [1.29, 1.82) is 0 Å². The monoisotopic (exact) mass is 304 g/mol. The Morgan fingerprint density at radius 2 is 1.67 bits per heavy atom. The molecule has 0 amide bonds. The maximum Gasteiger partial charge on any atom is 0.185 e. The van der Waals surface area contributed by atoms with Gasteiger partial charge in [-0.3, -0.25) is 4.79 Å². The van der Waals surface area contributed by atoms with Crippen LogP contribution in [-0.4, -0.2) is 27.1 Å². The van der Waals surface area contributed by atoms with Crippen molar-refractivity contribution in [3.8, 4) is 5.75 Å². The Balaban J connectivity index is 2.24. The maximum atomic E-state index is 12.3. The van der Waals surface area contributed by atoms with Crippen LogP contribution < -0.4 is 4.74 Å². The molecule has 0 saturated carbocycles. The van der Waals surface area contributed by atoms with Crippen LogP contribution in [0, 0.1) is 6.92 Å². The molecule has 0 fully saturated rings. The molecule has 0 aliphatic heterocycles. The van der Waals surface area contributed by atoms with Crippen LogP contribution in [0.3, 0.4) is 0 Å². The van der Waals surface area contributed by atoms with E-state index in [2.05, 4.69) is 0 Å². The van der Waals surface area contributed by atoms with Gasteiger partial charge in [-0.05, 0) is 36.8 Å². The first kappa shape index (κ1) is 15.3. The summed E-state index contributed by atoms with van der Waals surface area (Å²) >= 11 is 0. The van der Waals surface area contributed by atoms with E-state index < -0.39 is 21.4 Å². The second-order valence-corrected chi connectivity index (χ2v) is 6.66. The number of hydrogen-bond acceptors (Lipinski definition) is 4. The lowest BCUT2D eigenvalue weighted by atomic mass is 10.1. The number of hydrogen-bond donors (Lipinski definition) is 0. The van der Waals surface area contributed by atoms with Crippen molar-refractivity contribution < 1.29 is 17.9 Å². The lowest BCUT2D eigenvalue weighted by molar-refractivity contribution is 0.102. The summed E-state index contributed by atoms with van der Waals surface area (Å²) in [4.78, 5) is 12.3. The minimum atomic E-state index is -3.65. The fourth-order valence-corrected chi connectivity index (χ4v) is 3.22. The van der Waals surface area contributed by atoms with E-state index in [0.29, 0.717) is 11.3 Å². The standard InChI is InChI=1S/C16H16O4S/c1-12-5-3-4-6-15(12)16(17)11-21(18,19)14-9-7-13(20-2)8-10-14/h3-10H,11H2,1-2H3. The maximum absolute atomic E-state index is 12.3. The average Bonchev–Trinajstić information content (AvgIpc) is 2.47. The van der Waals surface area contributed by atoms with Crippen LogP contribution in [0.5, 0.6) is 5.75 Å². The van der Waals surface area contributed by atoms with Crippen molar-refractivity contribution >= 4 is 15.6 Å². The highest BCUT2D eigenvalue weighted by atomic mass is 32.2. The molecule has 0 aromatic heterocycles. The molecule has 0 atom stereocenters. The molecule has 0 unspecified atom stereocenters. The van der Waals surface area contributed by atoms with E-state index in [0.717, 1.165) is 5.56 Å². The van der Waals surface area contributed by atoms with Crippen molar-refractivity contribution in [2.24, 2.45) is 0 Å². The summed E-state index contributed by atoms with van der Waals surface area (Å²) in [6.45, 7) is 1.78. The van der Waals surface area contributed by atoms with E-state index in [9.17, 15) is 13.2 Å². The summed E-state index contributed by atoms with van der Waals surface area (Å²) in [6.07, 6.45) is 0. The predicted octanol–water partition coefficient (Wildman–Crippen LogP) is 2.66. The van der Waals surface area contributed by atoms with Gasteiger partial charge in [-0.2, -0.15) is 0 Å². The van der Waals surface area contributed by atoms with Gasteiger partial charge < -0.3 is 4.74 Å². The summed E-state index contributed by atoms with van der Waals surface area (Å²) < 4.78 is 29.5.